The number of hydrogen-bond acceptors (Lipinski definition) is 4. The van der Waals surface area contributed by atoms with Gasteiger partial charge in [-0.25, -0.2) is 4.79 Å². The quantitative estimate of drug-likeness (QED) is 0.686. The number of anilines is 1. The molecule has 0 atom stereocenters. The predicted molar refractivity (Wildman–Crippen MR) is 116 cm³/mol. The summed E-state index contributed by atoms with van der Waals surface area (Å²) in [5.74, 6) is 0.757. The van der Waals surface area contributed by atoms with Crippen LogP contribution in [-0.4, -0.2) is 25.3 Å². The average molecular weight is 398 g/mol. The maximum absolute atomic E-state index is 11.1. The SMILES string of the molecule is COc1cc2c(c(OC)c1CNc1ccc(C(=O)O)cc1)C(C)(C)CCC2(C)C. The molecular weight excluding hydrogens is 366 g/mol. The summed E-state index contributed by atoms with van der Waals surface area (Å²) in [6.45, 7) is 9.63. The van der Waals surface area contributed by atoms with Crippen molar-refractivity contribution < 1.29 is 19.4 Å². The average Bonchev–Trinajstić information content (AvgIpc) is 2.69. The van der Waals surface area contributed by atoms with Gasteiger partial charge in [-0.2, -0.15) is 0 Å². The van der Waals surface area contributed by atoms with E-state index < -0.39 is 5.97 Å². The van der Waals surface area contributed by atoms with Crippen LogP contribution < -0.4 is 14.8 Å². The molecule has 5 nitrogen and oxygen atoms in total. The number of benzene rings is 2. The molecule has 1 aliphatic carbocycles. The first-order valence-electron chi connectivity index (χ1n) is 9.97. The van der Waals surface area contributed by atoms with Gasteiger partial charge >= 0.3 is 5.97 Å². The summed E-state index contributed by atoms with van der Waals surface area (Å²) in [5, 5.41) is 12.4. The molecule has 0 radical (unpaired) electrons. The standard InChI is InChI=1S/C24H31NO4/c1-23(2)11-12-24(3,4)20-18(23)13-19(28-5)17(21(20)29-6)14-25-16-9-7-15(8-10-16)22(26)27/h7-10,13,25H,11-12,14H2,1-6H3,(H,26,27). The topological polar surface area (TPSA) is 67.8 Å². The number of ether oxygens (including phenoxy) is 2. The third-order valence-electron chi connectivity index (χ3n) is 6.15. The Hall–Kier alpha value is -2.69. The van der Waals surface area contributed by atoms with E-state index in [4.69, 9.17) is 14.6 Å². The van der Waals surface area contributed by atoms with Crippen LogP contribution in [-0.2, 0) is 17.4 Å². The van der Waals surface area contributed by atoms with E-state index in [0.717, 1.165) is 35.6 Å². The summed E-state index contributed by atoms with van der Waals surface area (Å²) in [6, 6.07) is 8.90. The van der Waals surface area contributed by atoms with Crippen LogP contribution in [0.15, 0.2) is 30.3 Å². The predicted octanol–water partition coefficient (Wildman–Crippen LogP) is 5.36. The van der Waals surface area contributed by atoms with Crippen LogP contribution in [0.5, 0.6) is 11.5 Å². The van der Waals surface area contributed by atoms with Crippen LogP contribution in [0.25, 0.3) is 0 Å². The number of carboxylic acid groups (broad SMARTS) is 1. The minimum Gasteiger partial charge on any atom is -0.496 e. The van der Waals surface area contributed by atoms with E-state index >= 15 is 0 Å². The lowest BCUT2D eigenvalue weighted by molar-refractivity contribution is 0.0697. The van der Waals surface area contributed by atoms with Crippen molar-refractivity contribution in [2.24, 2.45) is 0 Å². The van der Waals surface area contributed by atoms with Gasteiger partial charge in [-0.3, -0.25) is 0 Å². The van der Waals surface area contributed by atoms with Crippen molar-refractivity contribution in [3.63, 3.8) is 0 Å². The normalized spacial score (nSPS) is 16.6. The van der Waals surface area contributed by atoms with Gasteiger partial charge in [0.25, 0.3) is 0 Å². The molecule has 29 heavy (non-hydrogen) atoms. The molecule has 0 aromatic heterocycles. The summed E-state index contributed by atoms with van der Waals surface area (Å²) in [6.07, 6.45) is 2.21. The van der Waals surface area contributed by atoms with E-state index in [1.165, 1.54) is 11.1 Å². The first-order chi connectivity index (χ1) is 13.6. The molecule has 0 spiro atoms. The number of nitrogens with one attached hydrogen (secondary N) is 1. The third-order valence-corrected chi connectivity index (χ3v) is 6.15. The fourth-order valence-electron chi connectivity index (χ4n) is 4.26. The molecule has 2 N–H and O–H groups in total. The van der Waals surface area contributed by atoms with Crippen molar-refractivity contribution >= 4 is 11.7 Å². The molecule has 5 heteroatoms. The lowest BCUT2D eigenvalue weighted by atomic mass is 9.62. The Morgan fingerprint density at radius 2 is 1.66 bits per heavy atom. The van der Waals surface area contributed by atoms with Crippen LogP contribution in [0.4, 0.5) is 5.69 Å². The number of carbonyl (C=O) groups is 1. The monoisotopic (exact) mass is 397 g/mol. The maximum Gasteiger partial charge on any atom is 0.335 e. The molecule has 1 aliphatic rings. The van der Waals surface area contributed by atoms with Gasteiger partial charge in [0, 0.05) is 17.8 Å². The van der Waals surface area contributed by atoms with Gasteiger partial charge in [0.1, 0.15) is 11.5 Å². The van der Waals surface area contributed by atoms with E-state index in [9.17, 15) is 4.79 Å². The Labute approximate surface area is 173 Å². The van der Waals surface area contributed by atoms with Crippen LogP contribution in [0.2, 0.25) is 0 Å². The molecule has 0 saturated heterocycles. The van der Waals surface area contributed by atoms with Crippen LogP contribution in [0, 0.1) is 0 Å². The summed E-state index contributed by atoms with van der Waals surface area (Å²) in [4.78, 5) is 11.1. The van der Waals surface area contributed by atoms with Crippen molar-refractivity contribution in [1.29, 1.82) is 0 Å². The number of fused-ring (bicyclic) bond motifs is 1. The highest BCUT2D eigenvalue weighted by Crippen LogP contribution is 2.52. The van der Waals surface area contributed by atoms with Crippen LogP contribution in [0.1, 0.15) is 67.6 Å². The highest BCUT2D eigenvalue weighted by Gasteiger charge is 2.41. The van der Waals surface area contributed by atoms with E-state index in [2.05, 4.69) is 39.1 Å². The van der Waals surface area contributed by atoms with Crippen molar-refractivity contribution in [2.45, 2.75) is 57.9 Å². The number of hydrogen-bond donors (Lipinski definition) is 2. The molecule has 2 aromatic carbocycles. The minimum atomic E-state index is -0.931. The van der Waals surface area contributed by atoms with Crippen molar-refractivity contribution in [1.82, 2.24) is 0 Å². The number of aromatic carboxylic acids is 1. The first kappa shape index (κ1) is 21.0. The van der Waals surface area contributed by atoms with Crippen LogP contribution in [0.3, 0.4) is 0 Å². The van der Waals surface area contributed by atoms with E-state index in [-0.39, 0.29) is 16.4 Å². The van der Waals surface area contributed by atoms with Crippen molar-refractivity contribution in [2.75, 3.05) is 19.5 Å². The van der Waals surface area contributed by atoms with Gasteiger partial charge < -0.3 is 19.9 Å². The summed E-state index contributed by atoms with van der Waals surface area (Å²) in [5.41, 5.74) is 4.71. The Bertz CT molecular complexity index is 913. The molecule has 0 aliphatic heterocycles. The van der Waals surface area contributed by atoms with Gasteiger partial charge in [0.05, 0.1) is 25.3 Å². The van der Waals surface area contributed by atoms with Crippen LogP contribution >= 0.6 is 0 Å². The zero-order chi connectivity index (χ0) is 21.4. The van der Waals surface area contributed by atoms with Gasteiger partial charge in [0.15, 0.2) is 0 Å². The maximum atomic E-state index is 11.1. The summed E-state index contributed by atoms with van der Waals surface area (Å²) in [7, 11) is 3.41. The fourth-order valence-corrected chi connectivity index (χ4v) is 4.26. The smallest absolute Gasteiger partial charge is 0.335 e. The van der Waals surface area contributed by atoms with Crippen molar-refractivity contribution in [3.05, 3.63) is 52.6 Å². The molecule has 0 fully saturated rings. The lowest BCUT2D eigenvalue weighted by Crippen LogP contribution is -2.34. The van der Waals surface area contributed by atoms with E-state index in [1.807, 2.05) is 0 Å². The van der Waals surface area contributed by atoms with Gasteiger partial charge in [-0.1, -0.05) is 27.7 Å². The Morgan fingerprint density at radius 3 is 2.21 bits per heavy atom. The molecule has 3 rings (SSSR count). The molecular formula is C24H31NO4. The van der Waals surface area contributed by atoms with Gasteiger partial charge in [-0.05, 0) is 59.6 Å². The summed E-state index contributed by atoms with van der Waals surface area (Å²) < 4.78 is 11.7. The number of methoxy groups -OCH3 is 2. The van der Waals surface area contributed by atoms with E-state index in [0.29, 0.717) is 6.54 Å². The zero-order valence-corrected chi connectivity index (χ0v) is 18.2. The molecule has 0 heterocycles. The highest BCUT2D eigenvalue weighted by molar-refractivity contribution is 5.88. The highest BCUT2D eigenvalue weighted by atomic mass is 16.5. The van der Waals surface area contributed by atoms with E-state index in [1.54, 1.807) is 38.5 Å². The summed E-state index contributed by atoms with van der Waals surface area (Å²) >= 11 is 0. The number of rotatable bonds is 6. The second kappa shape index (κ2) is 7.62. The Balaban J connectivity index is 2.03. The largest absolute Gasteiger partial charge is 0.496 e. The third kappa shape index (κ3) is 3.91. The Morgan fingerprint density at radius 1 is 1.03 bits per heavy atom. The van der Waals surface area contributed by atoms with Gasteiger partial charge in [0.2, 0.25) is 0 Å². The lowest BCUT2D eigenvalue weighted by Gasteiger charge is -2.43. The second-order valence-electron chi connectivity index (χ2n) is 9.02. The molecule has 0 amide bonds. The molecule has 0 saturated carbocycles. The molecule has 0 unspecified atom stereocenters. The molecule has 0 bridgehead atoms. The second-order valence-corrected chi connectivity index (χ2v) is 9.02. The van der Waals surface area contributed by atoms with Gasteiger partial charge in [-0.15, -0.1) is 0 Å². The molecule has 156 valence electrons. The Kier molecular flexibility index (Phi) is 5.52. The zero-order valence-electron chi connectivity index (χ0n) is 18.2. The first-order valence-corrected chi connectivity index (χ1v) is 9.97. The molecule has 2 aromatic rings. The fraction of sp³-hybridized carbons (Fsp3) is 0.458. The minimum absolute atomic E-state index is 0.0142. The number of carboxylic acids is 1. The van der Waals surface area contributed by atoms with Crippen molar-refractivity contribution in [3.8, 4) is 11.5 Å².